The summed E-state index contributed by atoms with van der Waals surface area (Å²) in [5.74, 6) is -0.0138. The number of fused-ring (bicyclic) bond motifs is 1. The van der Waals surface area contributed by atoms with Crippen LogP contribution in [0.2, 0.25) is 5.02 Å². The summed E-state index contributed by atoms with van der Waals surface area (Å²) in [5.41, 5.74) is 3.74. The van der Waals surface area contributed by atoms with Gasteiger partial charge in [0.25, 0.3) is 0 Å². The number of halogens is 1. The first-order valence-electron chi connectivity index (χ1n) is 8.71. The van der Waals surface area contributed by atoms with Crippen molar-refractivity contribution in [1.82, 2.24) is 9.97 Å². The molecule has 0 amide bonds. The molecule has 0 fully saturated rings. The zero-order valence-electron chi connectivity index (χ0n) is 15.7. The van der Waals surface area contributed by atoms with Crippen molar-refractivity contribution >= 4 is 40.2 Å². The van der Waals surface area contributed by atoms with E-state index in [9.17, 15) is 10.1 Å². The molecule has 0 aliphatic heterocycles. The van der Waals surface area contributed by atoms with Gasteiger partial charge in [-0.3, -0.25) is 4.98 Å². The predicted molar refractivity (Wildman–Crippen MR) is 111 cm³/mol. The fourth-order valence-corrected chi connectivity index (χ4v) is 4.07. The van der Waals surface area contributed by atoms with Crippen LogP contribution in [0.3, 0.4) is 0 Å². The molecule has 5 nitrogen and oxygen atoms in total. The molecule has 0 bridgehead atoms. The number of para-hydroxylation sites is 1. The molecule has 7 heteroatoms. The van der Waals surface area contributed by atoms with Crippen molar-refractivity contribution in [3.8, 4) is 6.07 Å². The lowest BCUT2D eigenvalue weighted by atomic mass is 10.1. The van der Waals surface area contributed by atoms with E-state index in [2.05, 4.69) is 16.0 Å². The molecule has 0 saturated carbocycles. The van der Waals surface area contributed by atoms with Crippen LogP contribution in [0.5, 0.6) is 0 Å². The van der Waals surface area contributed by atoms with Crippen LogP contribution >= 0.6 is 23.4 Å². The number of thioether (sulfide) groups is 1. The standard InChI is InChI=1S/C21H18ClN3O2S/c1-4-27-21(26)16-9-14(10-23)20(24-13(16)3)28-11-18-19(22)12(2)15-7-5-6-8-17(15)25-18/h5-9H,4,11H2,1-3H3. The molecule has 3 rings (SSSR count). The van der Waals surface area contributed by atoms with E-state index in [1.807, 2.05) is 31.2 Å². The third-order valence-corrected chi connectivity index (χ3v) is 5.79. The molecule has 0 saturated heterocycles. The number of carbonyl (C=O) groups excluding carboxylic acids is 1. The van der Waals surface area contributed by atoms with Gasteiger partial charge >= 0.3 is 5.97 Å². The van der Waals surface area contributed by atoms with Gasteiger partial charge in [-0.05, 0) is 38.5 Å². The van der Waals surface area contributed by atoms with Crippen LogP contribution < -0.4 is 0 Å². The lowest BCUT2D eigenvalue weighted by Crippen LogP contribution is -2.09. The highest BCUT2D eigenvalue weighted by atomic mass is 35.5. The molecule has 0 N–H and O–H groups in total. The first-order valence-corrected chi connectivity index (χ1v) is 10.1. The van der Waals surface area contributed by atoms with Crippen molar-refractivity contribution in [2.75, 3.05) is 6.61 Å². The van der Waals surface area contributed by atoms with Gasteiger partial charge in [-0.15, -0.1) is 0 Å². The predicted octanol–water partition coefficient (Wildman–Crippen LogP) is 5.24. The minimum atomic E-state index is -0.476. The monoisotopic (exact) mass is 411 g/mol. The van der Waals surface area contributed by atoms with Crippen molar-refractivity contribution in [3.05, 3.63) is 63.4 Å². The Hall–Kier alpha value is -2.62. The Morgan fingerprint density at radius 2 is 2.04 bits per heavy atom. The van der Waals surface area contributed by atoms with Gasteiger partial charge in [-0.2, -0.15) is 5.26 Å². The number of nitriles is 1. The lowest BCUT2D eigenvalue weighted by molar-refractivity contribution is 0.0524. The Labute approximate surface area is 172 Å². The Morgan fingerprint density at radius 3 is 2.75 bits per heavy atom. The van der Waals surface area contributed by atoms with Crippen molar-refractivity contribution in [2.24, 2.45) is 0 Å². The molecule has 3 aromatic rings. The van der Waals surface area contributed by atoms with Crippen molar-refractivity contribution in [1.29, 1.82) is 5.26 Å². The second-order valence-electron chi connectivity index (χ2n) is 6.11. The second kappa shape index (κ2) is 8.59. The molecule has 0 atom stereocenters. The molecule has 0 unspecified atom stereocenters. The third kappa shape index (κ3) is 3.96. The molecule has 28 heavy (non-hydrogen) atoms. The summed E-state index contributed by atoms with van der Waals surface area (Å²) in [6, 6.07) is 11.5. The van der Waals surface area contributed by atoms with Gasteiger partial charge in [0, 0.05) is 11.1 Å². The fourth-order valence-electron chi connectivity index (χ4n) is 2.84. The van der Waals surface area contributed by atoms with Crippen LogP contribution in [0.1, 0.15) is 39.8 Å². The van der Waals surface area contributed by atoms with Gasteiger partial charge in [-0.1, -0.05) is 41.6 Å². The van der Waals surface area contributed by atoms with Crippen LogP contribution in [0, 0.1) is 25.2 Å². The molecule has 1 aromatic carbocycles. The van der Waals surface area contributed by atoms with Gasteiger partial charge in [0.15, 0.2) is 0 Å². The van der Waals surface area contributed by atoms with Crippen LogP contribution in [-0.2, 0) is 10.5 Å². The topological polar surface area (TPSA) is 75.9 Å². The SMILES string of the molecule is CCOC(=O)c1cc(C#N)c(SCc2nc3ccccc3c(C)c2Cl)nc1C. The Bertz CT molecular complexity index is 1110. The van der Waals surface area contributed by atoms with E-state index in [4.69, 9.17) is 16.3 Å². The zero-order valence-corrected chi connectivity index (χ0v) is 17.3. The van der Waals surface area contributed by atoms with E-state index >= 15 is 0 Å². The smallest absolute Gasteiger partial charge is 0.340 e. The number of aryl methyl sites for hydroxylation is 2. The minimum Gasteiger partial charge on any atom is -0.462 e. The number of carbonyl (C=O) groups is 1. The quantitative estimate of drug-likeness (QED) is 0.422. The minimum absolute atomic E-state index is 0.266. The van der Waals surface area contributed by atoms with Crippen molar-refractivity contribution in [2.45, 2.75) is 31.6 Å². The maximum absolute atomic E-state index is 12.0. The summed E-state index contributed by atoms with van der Waals surface area (Å²) in [6.45, 7) is 5.70. The van der Waals surface area contributed by atoms with Gasteiger partial charge in [0.05, 0.1) is 39.7 Å². The first-order chi connectivity index (χ1) is 13.5. The van der Waals surface area contributed by atoms with E-state index in [0.29, 0.717) is 32.6 Å². The average Bonchev–Trinajstić information content (AvgIpc) is 2.69. The summed E-state index contributed by atoms with van der Waals surface area (Å²) in [4.78, 5) is 21.1. The molecule has 0 radical (unpaired) electrons. The fraction of sp³-hybridized carbons (Fsp3) is 0.238. The molecule has 0 aliphatic carbocycles. The molecule has 2 heterocycles. The second-order valence-corrected chi connectivity index (χ2v) is 7.45. The van der Waals surface area contributed by atoms with Crippen molar-refractivity contribution in [3.63, 3.8) is 0 Å². The van der Waals surface area contributed by atoms with Crippen LogP contribution in [-0.4, -0.2) is 22.5 Å². The molecular weight excluding hydrogens is 394 g/mol. The summed E-state index contributed by atoms with van der Waals surface area (Å²) in [6.07, 6.45) is 0. The first kappa shape index (κ1) is 20.1. The number of nitrogens with zero attached hydrogens (tertiary/aromatic N) is 3. The molecule has 142 valence electrons. The number of aromatic nitrogens is 2. The number of esters is 1. The van der Waals surface area contributed by atoms with Gasteiger partial charge in [0.1, 0.15) is 11.1 Å². The van der Waals surface area contributed by atoms with E-state index in [1.54, 1.807) is 13.8 Å². The number of rotatable bonds is 5. The van der Waals surface area contributed by atoms with Gasteiger partial charge in [0.2, 0.25) is 0 Å². The summed E-state index contributed by atoms with van der Waals surface area (Å²) >= 11 is 7.89. The Balaban J connectivity index is 1.92. The highest BCUT2D eigenvalue weighted by molar-refractivity contribution is 7.98. The maximum atomic E-state index is 12.0. The highest BCUT2D eigenvalue weighted by Gasteiger charge is 2.17. The van der Waals surface area contributed by atoms with Gasteiger partial charge < -0.3 is 4.74 Å². The maximum Gasteiger partial charge on any atom is 0.340 e. The Kier molecular flexibility index (Phi) is 6.18. The van der Waals surface area contributed by atoms with E-state index in [-0.39, 0.29) is 6.61 Å². The normalized spacial score (nSPS) is 10.7. The number of hydrogen-bond acceptors (Lipinski definition) is 6. The molecular formula is C21H18ClN3O2S. The largest absolute Gasteiger partial charge is 0.462 e. The van der Waals surface area contributed by atoms with Crippen LogP contribution in [0.25, 0.3) is 10.9 Å². The Morgan fingerprint density at radius 1 is 1.29 bits per heavy atom. The number of pyridine rings is 2. The molecule has 0 spiro atoms. The lowest BCUT2D eigenvalue weighted by Gasteiger charge is -2.11. The number of hydrogen-bond donors (Lipinski definition) is 0. The van der Waals surface area contributed by atoms with Gasteiger partial charge in [-0.25, -0.2) is 9.78 Å². The van der Waals surface area contributed by atoms with Crippen LogP contribution in [0.4, 0.5) is 0 Å². The molecule has 2 aromatic heterocycles. The highest BCUT2D eigenvalue weighted by Crippen LogP contribution is 2.32. The molecule has 0 aliphatic rings. The van der Waals surface area contributed by atoms with E-state index in [1.165, 1.54) is 17.8 Å². The summed E-state index contributed by atoms with van der Waals surface area (Å²) in [7, 11) is 0. The zero-order chi connectivity index (χ0) is 20.3. The van der Waals surface area contributed by atoms with Crippen LogP contribution in [0.15, 0.2) is 35.4 Å². The number of ether oxygens (including phenoxy) is 1. The number of benzene rings is 1. The van der Waals surface area contributed by atoms with E-state index in [0.717, 1.165) is 22.2 Å². The third-order valence-electron chi connectivity index (χ3n) is 4.29. The summed E-state index contributed by atoms with van der Waals surface area (Å²) in [5, 5.41) is 11.7. The summed E-state index contributed by atoms with van der Waals surface area (Å²) < 4.78 is 5.02. The van der Waals surface area contributed by atoms with E-state index < -0.39 is 5.97 Å². The van der Waals surface area contributed by atoms with Crippen molar-refractivity contribution < 1.29 is 9.53 Å². The average molecular weight is 412 g/mol.